The molecule has 0 bridgehead atoms. The zero-order valence-electron chi connectivity index (χ0n) is 9.35. The monoisotopic (exact) mass is 312 g/mol. The fourth-order valence-electron chi connectivity index (χ4n) is 1.51. The molecule has 90 valence electrons. The number of hydrogen-bond donors (Lipinski definition) is 2. The molecule has 0 aliphatic rings. The van der Waals surface area contributed by atoms with Crippen molar-refractivity contribution in [3.63, 3.8) is 0 Å². The highest BCUT2D eigenvalue weighted by atomic mass is 79.9. The van der Waals surface area contributed by atoms with E-state index in [2.05, 4.69) is 31.3 Å². The maximum Gasteiger partial charge on any atom is 0.0948 e. The van der Waals surface area contributed by atoms with Crippen LogP contribution in [0.3, 0.4) is 0 Å². The van der Waals surface area contributed by atoms with Crippen molar-refractivity contribution in [1.29, 1.82) is 0 Å². The van der Waals surface area contributed by atoms with Gasteiger partial charge < -0.3 is 0 Å². The Bertz CT molecular complexity index is 482. The molecule has 0 aliphatic heterocycles. The molecule has 2 rings (SSSR count). The summed E-state index contributed by atoms with van der Waals surface area (Å²) in [7, 11) is 0. The van der Waals surface area contributed by atoms with Crippen LogP contribution >= 0.6 is 27.3 Å². The molecule has 0 fully saturated rings. The summed E-state index contributed by atoms with van der Waals surface area (Å²) in [5, 5.41) is 3.10. The van der Waals surface area contributed by atoms with Crippen LogP contribution in [-0.4, -0.2) is 9.97 Å². The highest BCUT2D eigenvalue weighted by Gasteiger charge is 2.13. The van der Waals surface area contributed by atoms with Gasteiger partial charge in [0.1, 0.15) is 0 Å². The van der Waals surface area contributed by atoms with Gasteiger partial charge in [0, 0.05) is 28.2 Å². The Morgan fingerprint density at radius 2 is 2.35 bits per heavy atom. The summed E-state index contributed by atoms with van der Waals surface area (Å²) < 4.78 is 0.960. The molecule has 0 aromatic carbocycles. The van der Waals surface area contributed by atoms with Crippen LogP contribution in [0.25, 0.3) is 0 Å². The minimum atomic E-state index is -0.00588. The highest BCUT2D eigenvalue weighted by Crippen LogP contribution is 2.19. The first kappa shape index (κ1) is 12.6. The van der Waals surface area contributed by atoms with E-state index in [-0.39, 0.29) is 6.04 Å². The lowest BCUT2D eigenvalue weighted by Crippen LogP contribution is -2.30. The molecule has 6 heteroatoms. The minimum Gasteiger partial charge on any atom is -0.271 e. The second-order valence-electron chi connectivity index (χ2n) is 3.71. The van der Waals surface area contributed by atoms with E-state index in [1.54, 1.807) is 17.5 Å². The van der Waals surface area contributed by atoms with Crippen LogP contribution in [0.2, 0.25) is 0 Å². The maximum atomic E-state index is 5.57. The third-order valence-corrected chi connectivity index (χ3v) is 3.81. The zero-order chi connectivity index (χ0) is 12.3. The van der Waals surface area contributed by atoms with E-state index in [4.69, 9.17) is 5.84 Å². The van der Waals surface area contributed by atoms with E-state index in [0.29, 0.717) is 0 Å². The molecule has 3 N–H and O–H groups in total. The summed E-state index contributed by atoms with van der Waals surface area (Å²) in [5.74, 6) is 5.57. The summed E-state index contributed by atoms with van der Waals surface area (Å²) in [5.41, 5.74) is 4.75. The summed E-state index contributed by atoms with van der Waals surface area (Å²) >= 11 is 5.01. The number of aromatic nitrogens is 2. The van der Waals surface area contributed by atoms with Crippen molar-refractivity contribution in [3.8, 4) is 0 Å². The number of nitrogens with two attached hydrogens (primary N) is 1. The molecule has 0 radical (unpaired) electrons. The number of hydrogen-bond acceptors (Lipinski definition) is 5. The number of thiazole rings is 1. The second-order valence-corrected chi connectivity index (χ2v) is 5.57. The van der Waals surface area contributed by atoms with Crippen molar-refractivity contribution in [2.75, 3.05) is 0 Å². The molecule has 2 heterocycles. The Labute approximate surface area is 112 Å². The number of nitrogens with zero attached hydrogens (tertiary/aromatic N) is 2. The van der Waals surface area contributed by atoms with Gasteiger partial charge >= 0.3 is 0 Å². The normalized spacial score (nSPS) is 12.6. The number of halogens is 1. The first-order valence-electron chi connectivity index (χ1n) is 5.17. The Morgan fingerprint density at radius 1 is 1.53 bits per heavy atom. The summed E-state index contributed by atoms with van der Waals surface area (Å²) in [6.45, 7) is 1.99. The van der Waals surface area contributed by atoms with Crippen LogP contribution in [0, 0.1) is 6.92 Å². The van der Waals surface area contributed by atoms with Crippen molar-refractivity contribution in [1.82, 2.24) is 15.4 Å². The van der Waals surface area contributed by atoms with Crippen molar-refractivity contribution in [2.45, 2.75) is 19.4 Å². The summed E-state index contributed by atoms with van der Waals surface area (Å²) in [6.07, 6.45) is 2.52. The lowest BCUT2D eigenvalue weighted by Gasteiger charge is -2.13. The maximum absolute atomic E-state index is 5.57. The lowest BCUT2D eigenvalue weighted by atomic mass is 10.1. The number of nitrogens with one attached hydrogen (secondary N) is 1. The molecule has 0 spiro atoms. The van der Waals surface area contributed by atoms with E-state index < -0.39 is 0 Å². The first-order valence-corrected chi connectivity index (χ1v) is 6.85. The van der Waals surface area contributed by atoms with E-state index in [0.717, 1.165) is 27.3 Å². The predicted molar refractivity (Wildman–Crippen MR) is 72.6 cm³/mol. The largest absolute Gasteiger partial charge is 0.271 e. The highest BCUT2D eigenvalue weighted by molar-refractivity contribution is 9.10. The predicted octanol–water partition coefficient (Wildman–Crippen LogP) is 2.36. The molecule has 0 saturated heterocycles. The van der Waals surface area contributed by atoms with Gasteiger partial charge in [-0.25, -0.2) is 4.98 Å². The fourth-order valence-corrected chi connectivity index (χ4v) is 2.57. The van der Waals surface area contributed by atoms with Gasteiger partial charge in [0.2, 0.25) is 0 Å². The number of aryl methyl sites for hydroxylation is 1. The Balaban J connectivity index is 2.13. The molecular weight excluding hydrogens is 300 g/mol. The minimum absolute atomic E-state index is 0.00588. The Kier molecular flexibility index (Phi) is 4.22. The second kappa shape index (κ2) is 5.68. The van der Waals surface area contributed by atoms with Crippen molar-refractivity contribution < 1.29 is 0 Å². The molecule has 2 aromatic rings. The van der Waals surface area contributed by atoms with Gasteiger partial charge in [-0.05, 0) is 35.0 Å². The third-order valence-electron chi connectivity index (χ3n) is 2.35. The van der Waals surface area contributed by atoms with Crippen LogP contribution in [0.5, 0.6) is 0 Å². The fraction of sp³-hybridized carbons (Fsp3) is 0.273. The van der Waals surface area contributed by atoms with Crippen LogP contribution < -0.4 is 11.3 Å². The van der Waals surface area contributed by atoms with Gasteiger partial charge in [-0.2, -0.15) is 0 Å². The third kappa shape index (κ3) is 3.32. The molecule has 2 aromatic heterocycles. The average molecular weight is 313 g/mol. The Hall–Kier alpha value is -0.820. The standard InChI is InChI=1S/C11H13BrN4S/c1-7-6-17-11(15-7)4-10(16-13)9-3-2-8(12)5-14-9/h2-3,5-6,10,16H,4,13H2,1H3. The summed E-state index contributed by atoms with van der Waals surface area (Å²) in [6, 6.07) is 3.91. The first-order chi connectivity index (χ1) is 8.19. The van der Waals surface area contributed by atoms with E-state index in [1.807, 2.05) is 24.4 Å². The van der Waals surface area contributed by atoms with Gasteiger partial charge in [-0.15, -0.1) is 11.3 Å². The molecule has 0 amide bonds. The van der Waals surface area contributed by atoms with Gasteiger partial charge in [0.25, 0.3) is 0 Å². The molecule has 1 atom stereocenters. The van der Waals surface area contributed by atoms with Crippen molar-refractivity contribution >= 4 is 27.3 Å². The van der Waals surface area contributed by atoms with Gasteiger partial charge in [0.05, 0.1) is 16.7 Å². The lowest BCUT2D eigenvalue weighted by molar-refractivity contribution is 0.537. The van der Waals surface area contributed by atoms with Gasteiger partial charge in [0.15, 0.2) is 0 Å². The quantitative estimate of drug-likeness (QED) is 0.672. The molecule has 0 saturated carbocycles. The molecular formula is C11H13BrN4S. The average Bonchev–Trinajstić information content (AvgIpc) is 2.73. The van der Waals surface area contributed by atoms with Crippen LogP contribution in [0.4, 0.5) is 0 Å². The van der Waals surface area contributed by atoms with E-state index >= 15 is 0 Å². The van der Waals surface area contributed by atoms with E-state index in [1.165, 1.54) is 0 Å². The molecule has 17 heavy (non-hydrogen) atoms. The number of hydrazine groups is 1. The number of rotatable bonds is 4. The van der Waals surface area contributed by atoms with E-state index in [9.17, 15) is 0 Å². The molecule has 0 aliphatic carbocycles. The number of pyridine rings is 1. The van der Waals surface area contributed by atoms with Crippen LogP contribution in [0.1, 0.15) is 22.4 Å². The van der Waals surface area contributed by atoms with Crippen molar-refractivity contribution in [2.24, 2.45) is 5.84 Å². The molecule has 4 nitrogen and oxygen atoms in total. The zero-order valence-corrected chi connectivity index (χ0v) is 11.8. The van der Waals surface area contributed by atoms with Crippen LogP contribution in [-0.2, 0) is 6.42 Å². The van der Waals surface area contributed by atoms with Crippen molar-refractivity contribution in [3.05, 3.63) is 44.6 Å². The van der Waals surface area contributed by atoms with Crippen LogP contribution in [0.15, 0.2) is 28.2 Å². The Morgan fingerprint density at radius 3 is 2.88 bits per heavy atom. The van der Waals surface area contributed by atoms with Gasteiger partial charge in [-0.1, -0.05) is 0 Å². The molecule has 1 unspecified atom stereocenters. The SMILES string of the molecule is Cc1csc(CC(NN)c2ccc(Br)cn2)n1. The smallest absolute Gasteiger partial charge is 0.0948 e. The summed E-state index contributed by atoms with van der Waals surface area (Å²) in [4.78, 5) is 8.77. The van der Waals surface area contributed by atoms with Gasteiger partial charge in [-0.3, -0.25) is 16.3 Å². The topological polar surface area (TPSA) is 63.8 Å².